The molecule has 25 heavy (non-hydrogen) atoms. The number of hydrogen-bond donors (Lipinski definition) is 2. The van der Waals surface area contributed by atoms with Gasteiger partial charge in [0.15, 0.2) is 0 Å². The molecule has 3 N–H and O–H groups in total. The molecule has 2 amide bonds. The number of benzene rings is 1. The molecule has 2 rings (SSSR count). The molecule has 1 atom stereocenters. The van der Waals surface area contributed by atoms with E-state index in [2.05, 4.69) is 43.4 Å². The second-order valence-corrected chi connectivity index (χ2v) is 7.15. The van der Waals surface area contributed by atoms with Crippen LogP contribution in [0.5, 0.6) is 0 Å². The summed E-state index contributed by atoms with van der Waals surface area (Å²) in [5, 5.41) is 2.83. The molecule has 1 aromatic carbocycles. The maximum Gasteiger partial charge on any atom is 0.224 e. The summed E-state index contributed by atoms with van der Waals surface area (Å²) in [5.41, 5.74) is 7.93. The molecule has 1 aliphatic heterocycles. The van der Waals surface area contributed by atoms with Crippen LogP contribution in [0, 0.1) is 5.92 Å². The third-order valence-electron chi connectivity index (χ3n) is 4.86. The van der Waals surface area contributed by atoms with Gasteiger partial charge in [-0.3, -0.25) is 9.59 Å². The number of rotatable bonds is 7. The van der Waals surface area contributed by atoms with Crippen molar-refractivity contribution in [3.05, 3.63) is 35.4 Å². The number of nitrogens with two attached hydrogens (primary N) is 1. The van der Waals surface area contributed by atoms with Gasteiger partial charge in [-0.25, -0.2) is 0 Å². The van der Waals surface area contributed by atoms with Crippen molar-refractivity contribution in [3.63, 3.8) is 0 Å². The highest BCUT2D eigenvalue weighted by atomic mass is 16.2. The van der Waals surface area contributed by atoms with E-state index in [0.29, 0.717) is 32.0 Å². The number of piperidine rings is 1. The maximum absolute atomic E-state index is 12.5. The molecule has 0 spiro atoms. The van der Waals surface area contributed by atoms with Crippen LogP contribution in [0.25, 0.3) is 0 Å². The molecule has 0 radical (unpaired) electrons. The van der Waals surface area contributed by atoms with Gasteiger partial charge in [0.05, 0.1) is 5.92 Å². The molecule has 0 aromatic heterocycles. The lowest BCUT2D eigenvalue weighted by Crippen LogP contribution is -2.46. The Kier molecular flexibility index (Phi) is 7.44. The average Bonchev–Trinajstić information content (AvgIpc) is 2.64. The summed E-state index contributed by atoms with van der Waals surface area (Å²) >= 11 is 0. The number of hydrogen-bond acceptors (Lipinski definition) is 3. The van der Waals surface area contributed by atoms with Crippen molar-refractivity contribution in [2.75, 3.05) is 26.2 Å². The molecule has 1 aliphatic rings. The number of carbonyl (C=O) groups is 2. The van der Waals surface area contributed by atoms with E-state index in [1.165, 1.54) is 11.1 Å². The predicted molar refractivity (Wildman–Crippen MR) is 100 cm³/mol. The monoisotopic (exact) mass is 345 g/mol. The van der Waals surface area contributed by atoms with E-state index in [-0.39, 0.29) is 17.7 Å². The molecule has 1 saturated heterocycles. The fraction of sp³-hybridized carbons (Fsp3) is 0.600. The van der Waals surface area contributed by atoms with Gasteiger partial charge in [0.1, 0.15) is 0 Å². The predicted octanol–water partition coefficient (Wildman–Crippen LogP) is 2.06. The number of aryl methyl sites for hydroxylation is 1. The Bertz CT molecular complexity index is 569. The van der Waals surface area contributed by atoms with Crippen LogP contribution in [0.2, 0.25) is 0 Å². The average molecular weight is 345 g/mol. The van der Waals surface area contributed by atoms with Gasteiger partial charge in [0.25, 0.3) is 0 Å². The quantitative estimate of drug-likeness (QED) is 0.794. The first-order valence-corrected chi connectivity index (χ1v) is 9.35. The minimum absolute atomic E-state index is 0.0206. The van der Waals surface area contributed by atoms with Gasteiger partial charge in [-0.15, -0.1) is 0 Å². The van der Waals surface area contributed by atoms with Crippen molar-refractivity contribution in [3.8, 4) is 0 Å². The van der Waals surface area contributed by atoms with Crippen LogP contribution in [-0.2, 0) is 16.0 Å². The first-order chi connectivity index (χ1) is 12.0. The summed E-state index contributed by atoms with van der Waals surface area (Å²) in [5.74, 6) is 0.581. The lowest BCUT2D eigenvalue weighted by atomic mass is 9.96. The third kappa shape index (κ3) is 5.85. The Hall–Kier alpha value is -1.88. The zero-order valence-corrected chi connectivity index (χ0v) is 15.5. The van der Waals surface area contributed by atoms with Gasteiger partial charge in [0, 0.05) is 32.6 Å². The van der Waals surface area contributed by atoms with E-state index in [4.69, 9.17) is 5.73 Å². The van der Waals surface area contributed by atoms with Gasteiger partial charge in [0.2, 0.25) is 11.8 Å². The molecule has 138 valence electrons. The zero-order chi connectivity index (χ0) is 18.2. The number of likely N-dealkylation sites (tertiary alicyclic amines) is 1. The Morgan fingerprint density at radius 2 is 2.00 bits per heavy atom. The molecule has 0 saturated carbocycles. The summed E-state index contributed by atoms with van der Waals surface area (Å²) < 4.78 is 0. The van der Waals surface area contributed by atoms with Crippen LogP contribution in [0.4, 0.5) is 0 Å². The Labute approximate surface area is 151 Å². The Morgan fingerprint density at radius 3 is 2.64 bits per heavy atom. The van der Waals surface area contributed by atoms with Crippen molar-refractivity contribution in [1.82, 2.24) is 10.2 Å². The van der Waals surface area contributed by atoms with Crippen molar-refractivity contribution < 1.29 is 9.59 Å². The van der Waals surface area contributed by atoms with E-state index < -0.39 is 0 Å². The van der Waals surface area contributed by atoms with E-state index in [9.17, 15) is 9.59 Å². The largest absolute Gasteiger partial charge is 0.355 e. The standard InChI is InChI=1S/C20H31N3O2/c1-15(2)17-8-5-16(6-9-17)7-10-19(24)23-13-3-4-18(14-23)20(25)22-12-11-21/h5-6,8-9,15,18H,3-4,7,10-14,21H2,1-2H3,(H,22,25). The highest BCUT2D eigenvalue weighted by Gasteiger charge is 2.27. The Morgan fingerprint density at radius 1 is 1.28 bits per heavy atom. The van der Waals surface area contributed by atoms with Gasteiger partial charge in [-0.05, 0) is 36.3 Å². The molecule has 1 fully saturated rings. The number of nitrogens with one attached hydrogen (secondary N) is 1. The fourth-order valence-electron chi connectivity index (χ4n) is 3.24. The number of nitrogens with zero attached hydrogens (tertiary/aromatic N) is 1. The van der Waals surface area contributed by atoms with Gasteiger partial charge < -0.3 is 16.0 Å². The minimum Gasteiger partial charge on any atom is -0.355 e. The van der Waals surface area contributed by atoms with Gasteiger partial charge >= 0.3 is 0 Å². The summed E-state index contributed by atoms with van der Waals surface area (Å²) in [6, 6.07) is 8.51. The highest BCUT2D eigenvalue weighted by Crippen LogP contribution is 2.19. The van der Waals surface area contributed by atoms with Crippen molar-refractivity contribution in [2.24, 2.45) is 11.7 Å². The molecule has 1 aromatic rings. The molecule has 0 bridgehead atoms. The van der Waals surface area contributed by atoms with Gasteiger partial charge in [-0.1, -0.05) is 38.1 Å². The van der Waals surface area contributed by atoms with Crippen LogP contribution < -0.4 is 11.1 Å². The molecule has 1 unspecified atom stereocenters. The van der Waals surface area contributed by atoms with Crippen LogP contribution in [0.15, 0.2) is 24.3 Å². The summed E-state index contributed by atoms with van der Waals surface area (Å²) in [6.45, 7) is 6.57. The van der Waals surface area contributed by atoms with Crippen molar-refractivity contribution in [1.29, 1.82) is 0 Å². The smallest absolute Gasteiger partial charge is 0.224 e. The van der Waals surface area contributed by atoms with E-state index >= 15 is 0 Å². The van der Waals surface area contributed by atoms with E-state index in [1.54, 1.807) is 0 Å². The molecule has 5 nitrogen and oxygen atoms in total. The first kappa shape index (κ1) is 19.4. The molecule has 1 heterocycles. The molecular weight excluding hydrogens is 314 g/mol. The van der Waals surface area contributed by atoms with Crippen molar-refractivity contribution in [2.45, 2.75) is 45.4 Å². The first-order valence-electron chi connectivity index (χ1n) is 9.35. The number of amides is 2. The lowest BCUT2D eigenvalue weighted by molar-refractivity contribution is -0.135. The molecule has 0 aliphatic carbocycles. The molecule has 5 heteroatoms. The lowest BCUT2D eigenvalue weighted by Gasteiger charge is -2.32. The van der Waals surface area contributed by atoms with Crippen molar-refractivity contribution >= 4 is 11.8 Å². The third-order valence-corrected chi connectivity index (χ3v) is 4.86. The van der Waals surface area contributed by atoms with Crippen LogP contribution in [-0.4, -0.2) is 42.9 Å². The topological polar surface area (TPSA) is 75.4 Å². The molecular formula is C20H31N3O2. The fourth-order valence-corrected chi connectivity index (χ4v) is 3.24. The normalized spacial score (nSPS) is 17.6. The second kappa shape index (κ2) is 9.56. The highest BCUT2D eigenvalue weighted by molar-refractivity contribution is 5.81. The number of carbonyl (C=O) groups excluding carboxylic acids is 2. The summed E-state index contributed by atoms with van der Waals surface area (Å²) in [7, 11) is 0. The van der Waals surface area contributed by atoms with E-state index in [1.807, 2.05) is 4.90 Å². The summed E-state index contributed by atoms with van der Waals surface area (Å²) in [6.07, 6.45) is 2.97. The van der Waals surface area contributed by atoms with E-state index in [0.717, 1.165) is 25.8 Å². The summed E-state index contributed by atoms with van der Waals surface area (Å²) in [4.78, 5) is 26.4. The van der Waals surface area contributed by atoms with Crippen LogP contribution in [0.3, 0.4) is 0 Å². The van der Waals surface area contributed by atoms with Crippen LogP contribution >= 0.6 is 0 Å². The zero-order valence-electron chi connectivity index (χ0n) is 15.5. The second-order valence-electron chi connectivity index (χ2n) is 7.15. The SMILES string of the molecule is CC(C)c1ccc(CCC(=O)N2CCCC(C(=O)NCCN)C2)cc1. The van der Waals surface area contributed by atoms with Gasteiger partial charge in [-0.2, -0.15) is 0 Å². The maximum atomic E-state index is 12.5. The van der Waals surface area contributed by atoms with Crippen LogP contribution in [0.1, 0.15) is 50.2 Å². The minimum atomic E-state index is -0.102. The Balaban J connectivity index is 1.82.